The van der Waals surface area contributed by atoms with Gasteiger partial charge in [0.25, 0.3) is 10.1 Å². The number of benzene rings is 2. The summed E-state index contributed by atoms with van der Waals surface area (Å²) in [5.74, 6) is -6.81. The fourth-order valence-corrected chi connectivity index (χ4v) is 5.17. The van der Waals surface area contributed by atoms with Gasteiger partial charge in [-0.15, -0.1) is 0 Å². The van der Waals surface area contributed by atoms with Crippen LogP contribution in [0.2, 0.25) is 0 Å². The Balaban J connectivity index is 2.59. The average molecular weight is 668 g/mol. The SMILES string of the molecule is [B]Cc1ccc(C[B])c(C(=O)OCC(CC)(COC(=O)c2c(C[B])ccc(C[B])c2C[B])C(=O)OC(CS(=O)(=O)O)C(F)(F)F)c1O. The molecule has 2 unspecified atom stereocenters. The van der Waals surface area contributed by atoms with Crippen LogP contribution in [0.4, 0.5) is 13.2 Å². The van der Waals surface area contributed by atoms with Gasteiger partial charge in [-0.1, -0.05) is 68.4 Å². The monoisotopic (exact) mass is 668 g/mol. The lowest BCUT2D eigenvalue weighted by Gasteiger charge is -2.32. The lowest BCUT2D eigenvalue weighted by molar-refractivity contribution is -0.223. The predicted molar refractivity (Wildman–Crippen MR) is 167 cm³/mol. The second-order valence-corrected chi connectivity index (χ2v) is 11.8. The summed E-state index contributed by atoms with van der Waals surface area (Å²) < 4.78 is 88.0. The molecule has 10 radical (unpaired) electrons. The van der Waals surface area contributed by atoms with Crippen LogP contribution in [-0.4, -0.2) is 106 Å². The molecule has 0 fully saturated rings. The van der Waals surface area contributed by atoms with E-state index >= 15 is 0 Å². The minimum atomic E-state index is -5.47. The van der Waals surface area contributed by atoms with Gasteiger partial charge in [0.15, 0.2) is 0 Å². The molecule has 47 heavy (non-hydrogen) atoms. The second-order valence-electron chi connectivity index (χ2n) is 10.3. The molecule has 242 valence electrons. The summed E-state index contributed by atoms with van der Waals surface area (Å²) in [6, 6.07) is 5.86. The van der Waals surface area contributed by atoms with Crippen LogP contribution in [0.3, 0.4) is 0 Å². The molecular weight excluding hydrogens is 639 g/mol. The number of esters is 3. The molecule has 0 spiro atoms. The number of hydrogen-bond donors (Lipinski definition) is 2. The first-order valence-corrected chi connectivity index (χ1v) is 15.6. The fraction of sp³-hybridized carbons (Fsp3) is 0.464. The van der Waals surface area contributed by atoms with Crippen molar-refractivity contribution in [2.45, 2.75) is 57.2 Å². The van der Waals surface area contributed by atoms with Crippen molar-refractivity contribution in [1.82, 2.24) is 0 Å². The van der Waals surface area contributed by atoms with Gasteiger partial charge in [0.1, 0.15) is 35.7 Å². The first kappa shape index (κ1) is 39.9. The van der Waals surface area contributed by atoms with Gasteiger partial charge in [-0.2, -0.15) is 21.6 Å². The minimum Gasteiger partial charge on any atom is -0.507 e. The van der Waals surface area contributed by atoms with E-state index in [1.165, 1.54) is 25.1 Å². The standard InChI is InChI=1S/C28H28B5F3O10S/c1-2-27(26(40)46-20(28(34,35)36)12-47(41,42)43,14-45-25(39)22-17(9-31)5-6-18(10-32)23(22)37)13-44-24(38)21-16(8-30)4-3-15(7-29)19(21)11-33/h3-6,20,37H,2,7-14H2,1H3,(H,41,42,43). The van der Waals surface area contributed by atoms with Crippen LogP contribution in [0.5, 0.6) is 5.75 Å². The summed E-state index contributed by atoms with van der Waals surface area (Å²) in [5, 5.41) is 10.6. The van der Waals surface area contributed by atoms with Crippen LogP contribution in [0.25, 0.3) is 0 Å². The molecule has 0 amide bonds. The smallest absolute Gasteiger partial charge is 0.426 e. The summed E-state index contributed by atoms with van der Waals surface area (Å²) >= 11 is 0. The number of ether oxygens (including phenoxy) is 3. The van der Waals surface area contributed by atoms with Gasteiger partial charge in [0.2, 0.25) is 6.10 Å². The highest BCUT2D eigenvalue weighted by molar-refractivity contribution is 7.85. The van der Waals surface area contributed by atoms with Crippen molar-refractivity contribution in [3.63, 3.8) is 0 Å². The molecule has 2 rings (SSSR count). The van der Waals surface area contributed by atoms with Crippen LogP contribution in [0, 0.1) is 5.41 Å². The van der Waals surface area contributed by atoms with Gasteiger partial charge in [0.05, 0.1) is 44.8 Å². The molecule has 2 N–H and O–H groups in total. The molecule has 10 nitrogen and oxygen atoms in total. The van der Waals surface area contributed by atoms with Crippen molar-refractivity contribution >= 4 is 67.3 Å². The van der Waals surface area contributed by atoms with Crippen molar-refractivity contribution in [3.05, 3.63) is 63.2 Å². The number of halogens is 3. The maximum atomic E-state index is 13.7. The van der Waals surface area contributed by atoms with Crippen LogP contribution >= 0.6 is 0 Å². The Morgan fingerprint density at radius 2 is 1.23 bits per heavy atom. The van der Waals surface area contributed by atoms with E-state index in [9.17, 15) is 41.1 Å². The third-order valence-electron chi connectivity index (χ3n) is 7.38. The van der Waals surface area contributed by atoms with E-state index in [-0.39, 0.29) is 59.4 Å². The van der Waals surface area contributed by atoms with Gasteiger partial charge in [-0.3, -0.25) is 9.35 Å². The maximum Gasteiger partial charge on any atom is 0.426 e. The number of carbonyl (C=O) groups is 3. The Bertz CT molecular complexity index is 1570. The van der Waals surface area contributed by atoms with Gasteiger partial charge in [0, 0.05) is 0 Å². The van der Waals surface area contributed by atoms with E-state index in [0.717, 1.165) is 0 Å². The molecule has 0 bridgehead atoms. The van der Waals surface area contributed by atoms with Crippen molar-refractivity contribution in [2.24, 2.45) is 5.41 Å². The Morgan fingerprint density at radius 3 is 1.66 bits per heavy atom. The maximum absolute atomic E-state index is 13.7. The van der Waals surface area contributed by atoms with Crippen molar-refractivity contribution in [1.29, 1.82) is 0 Å². The highest BCUT2D eigenvalue weighted by Gasteiger charge is 2.50. The lowest BCUT2D eigenvalue weighted by atomic mass is 9.80. The van der Waals surface area contributed by atoms with Crippen LogP contribution in [0.15, 0.2) is 24.3 Å². The normalized spacial score (nSPS) is 13.7. The largest absolute Gasteiger partial charge is 0.507 e. The Kier molecular flexibility index (Phi) is 14.1. The zero-order valence-electron chi connectivity index (χ0n) is 25.3. The molecule has 0 aliphatic carbocycles. The molecule has 0 aromatic heterocycles. The molecule has 2 aromatic carbocycles. The summed E-state index contributed by atoms with van der Waals surface area (Å²) in [4.78, 5) is 40.0. The predicted octanol–water partition coefficient (Wildman–Crippen LogP) is 1.51. The lowest BCUT2D eigenvalue weighted by Crippen LogP contribution is -2.48. The van der Waals surface area contributed by atoms with Gasteiger partial charge < -0.3 is 19.3 Å². The minimum absolute atomic E-state index is 0.0333. The van der Waals surface area contributed by atoms with Gasteiger partial charge in [-0.05, 0) is 28.7 Å². The molecule has 0 aliphatic heterocycles. The van der Waals surface area contributed by atoms with Crippen LogP contribution in [-0.2, 0) is 60.7 Å². The molecule has 0 saturated heterocycles. The fourth-order valence-electron chi connectivity index (χ4n) is 4.53. The average Bonchev–Trinajstić information content (AvgIpc) is 3.02. The number of aromatic hydroxyl groups is 1. The number of hydrogen-bond acceptors (Lipinski definition) is 9. The third kappa shape index (κ3) is 9.85. The van der Waals surface area contributed by atoms with E-state index in [1.54, 1.807) is 6.07 Å². The Morgan fingerprint density at radius 1 is 0.787 bits per heavy atom. The summed E-state index contributed by atoms with van der Waals surface area (Å²) in [6.07, 6.45) is -10.2. The van der Waals surface area contributed by atoms with Crippen molar-refractivity contribution in [2.75, 3.05) is 19.0 Å². The molecule has 0 saturated carbocycles. The first-order valence-electron chi connectivity index (χ1n) is 14.0. The number of carbonyl (C=O) groups excluding carboxylic acids is 3. The van der Waals surface area contributed by atoms with E-state index in [4.69, 9.17) is 53.3 Å². The Labute approximate surface area is 277 Å². The van der Waals surface area contributed by atoms with Gasteiger partial charge >= 0.3 is 24.1 Å². The summed E-state index contributed by atoms with van der Waals surface area (Å²) in [6.45, 7) is -0.903. The Hall–Kier alpha value is -3.33. The van der Waals surface area contributed by atoms with E-state index < -0.39 is 82.4 Å². The van der Waals surface area contributed by atoms with E-state index in [0.29, 0.717) is 5.56 Å². The van der Waals surface area contributed by atoms with Crippen LogP contribution in [0.1, 0.15) is 61.9 Å². The number of phenols is 1. The highest BCUT2D eigenvalue weighted by atomic mass is 32.2. The molecule has 0 heterocycles. The zero-order valence-corrected chi connectivity index (χ0v) is 26.2. The molecule has 2 aromatic rings. The zero-order chi connectivity index (χ0) is 35.7. The van der Waals surface area contributed by atoms with Crippen molar-refractivity contribution < 1.29 is 59.8 Å². The topological polar surface area (TPSA) is 153 Å². The number of rotatable bonds is 16. The quantitative estimate of drug-likeness (QED) is 0.117. The molecule has 0 aliphatic rings. The molecule has 2 atom stereocenters. The molecular formula is C28H28B5F3O10S. The third-order valence-corrected chi connectivity index (χ3v) is 8.11. The van der Waals surface area contributed by atoms with Gasteiger partial charge in [-0.25, -0.2) is 9.59 Å². The second kappa shape index (κ2) is 16.7. The first-order chi connectivity index (χ1) is 21.9. The highest BCUT2D eigenvalue weighted by Crippen LogP contribution is 2.33. The molecule has 19 heteroatoms. The van der Waals surface area contributed by atoms with Crippen molar-refractivity contribution in [3.8, 4) is 5.75 Å². The number of alkyl halides is 3. The number of phenolic OH excluding ortho intramolecular Hbond substituents is 1. The summed E-state index contributed by atoms with van der Waals surface area (Å²) in [5.41, 5.74) is -1.75. The summed E-state index contributed by atoms with van der Waals surface area (Å²) in [7, 11) is 23.3. The van der Waals surface area contributed by atoms with E-state index in [2.05, 4.69) is 4.74 Å². The van der Waals surface area contributed by atoms with Crippen LogP contribution < -0.4 is 0 Å². The van der Waals surface area contributed by atoms with E-state index in [1.807, 2.05) is 0 Å².